The van der Waals surface area contributed by atoms with Gasteiger partial charge in [0.15, 0.2) is 5.78 Å². The van der Waals surface area contributed by atoms with E-state index in [9.17, 15) is 69.0 Å². The van der Waals surface area contributed by atoms with Crippen molar-refractivity contribution in [2.75, 3.05) is 76.7 Å². The largest absolute Gasteiger partial charge is 0.465 e. The van der Waals surface area contributed by atoms with Gasteiger partial charge in [-0.25, -0.2) is 14.4 Å². The highest BCUT2D eigenvalue weighted by Gasteiger charge is 2.58. The highest BCUT2D eigenvalue weighted by atomic mass is 32.2. The SMILES string of the molecule is COC(=O)[C@@]1(OCCCSCCCC(=O)c2ccc(C(=O)NCCSCCCO[C@]3(C(=O)OC)C[C@H](O)[C@@H](NC(C)=O)C([C@H](O)[C@H](O)CNC(=O)OCC4c5ccccc5-c5ccccc54)O3)cc2)C[C@@H](O)[C@@H](NC(C)=O)C([C@H](O)[C@H](O)CCC(=O)OCC2c3ccccc3-c3ccccc32)O1. The molecule has 26 nitrogen and oxygen atoms in total. The minimum absolute atomic E-state index is 0.00860. The minimum Gasteiger partial charge on any atom is -0.465 e. The van der Waals surface area contributed by atoms with Crippen molar-refractivity contribution >= 4 is 71.0 Å². The number of thioether (sulfide) groups is 2. The first-order valence-corrected chi connectivity index (χ1v) is 36.3. The molecule has 550 valence electrons. The number of nitrogens with one attached hydrogen (secondary N) is 4. The van der Waals surface area contributed by atoms with Crippen LogP contribution in [-0.2, 0) is 61.9 Å². The van der Waals surface area contributed by atoms with Crippen molar-refractivity contribution < 1.29 is 107 Å². The Morgan fingerprint density at radius 3 is 1.41 bits per heavy atom. The summed E-state index contributed by atoms with van der Waals surface area (Å²) >= 11 is 3.00. The third-order valence-corrected chi connectivity index (χ3v) is 20.6. The molecular weight excluding hydrogens is 1360 g/mol. The fraction of sp³-hybridized carbons (Fsp3) is 0.486. The molecule has 2 saturated heterocycles. The molecule has 12 atom stereocenters. The molecular formula is C74H90N4O22S2. The number of Topliss-reactive ketones (excluding diaryl/α,β-unsaturated/α-hetero) is 1. The normalized spacial score (nSPS) is 22.4. The fourth-order valence-corrected chi connectivity index (χ4v) is 15.0. The highest BCUT2D eigenvalue weighted by molar-refractivity contribution is 7.99. The van der Waals surface area contributed by atoms with Gasteiger partial charge in [-0.2, -0.15) is 23.5 Å². The molecule has 10 N–H and O–H groups in total. The second kappa shape index (κ2) is 37.0. The van der Waals surface area contributed by atoms with Crippen molar-refractivity contribution in [2.45, 2.75) is 150 Å². The van der Waals surface area contributed by atoms with Crippen LogP contribution in [0.15, 0.2) is 121 Å². The number of methoxy groups -OCH3 is 2. The van der Waals surface area contributed by atoms with E-state index >= 15 is 0 Å². The first-order chi connectivity index (χ1) is 49.1. The zero-order chi connectivity index (χ0) is 73.1. The molecule has 0 aromatic heterocycles. The smallest absolute Gasteiger partial charge is 0.407 e. The Kier molecular flexibility index (Phi) is 28.4. The predicted molar refractivity (Wildman–Crippen MR) is 375 cm³/mol. The number of rotatable bonds is 36. The summed E-state index contributed by atoms with van der Waals surface area (Å²) in [7, 11) is 2.18. The zero-order valence-corrected chi connectivity index (χ0v) is 58.9. The van der Waals surface area contributed by atoms with Crippen LogP contribution in [0.1, 0.15) is 120 Å². The van der Waals surface area contributed by atoms with Crippen LogP contribution in [-0.4, -0.2) is 227 Å². The van der Waals surface area contributed by atoms with E-state index in [4.69, 9.17) is 37.9 Å². The van der Waals surface area contributed by atoms with Gasteiger partial charge in [-0.05, 0) is 99.6 Å². The van der Waals surface area contributed by atoms with E-state index in [1.165, 1.54) is 37.4 Å². The molecule has 4 aliphatic rings. The number of aliphatic hydroxyl groups is 6. The number of carbonyl (C=O) groups excluding carboxylic acids is 8. The molecule has 28 heteroatoms. The van der Waals surface area contributed by atoms with Gasteiger partial charge in [0.1, 0.15) is 37.6 Å². The average Bonchev–Trinajstić information content (AvgIpc) is 1.13. The summed E-state index contributed by atoms with van der Waals surface area (Å²) in [5.41, 5.74) is 9.01. The number of alkyl carbamates (subject to hydrolysis) is 1. The minimum atomic E-state index is -2.27. The van der Waals surface area contributed by atoms with E-state index in [1.807, 2.05) is 97.1 Å². The maximum atomic E-state index is 13.4. The summed E-state index contributed by atoms with van der Waals surface area (Å²) in [6.45, 7) is 1.99. The topological polar surface area (TPSA) is 380 Å². The number of esters is 3. The van der Waals surface area contributed by atoms with Crippen LogP contribution in [0.3, 0.4) is 0 Å². The summed E-state index contributed by atoms with van der Waals surface area (Å²) in [6, 6.07) is 35.0. The predicted octanol–water partition coefficient (Wildman–Crippen LogP) is 4.82. The van der Waals surface area contributed by atoms with Gasteiger partial charge in [0.2, 0.25) is 11.8 Å². The van der Waals surface area contributed by atoms with Crippen LogP contribution >= 0.6 is 23.5 Å². The van der Waals surface area contributed by atoms with Crippen LogP contribution in [0, 0.1) is 0 Å². The number of hydrogen-bond acceptors (Lipinski definition) is 24. The first kappa shape index (κ1) is 78.3. The molecule has 0 spiro atoms. The van der Waals surface area contributed by atoms with Crippen LogP contribution in [0.4, 0.5) is 4.79 Å². The van der Waals surface area contributed by atoms with Gasteiger partial charge >= 0.3 is 24.0 Å². The van der Waals surface area contributed by atoms with Crippen LogP contribution in [0.25, 0.3) is 22.3 Å². The number of aliphatic hydroxyl groups excluding tert-OH is 6. The van der Waals surface area contributed by atoms with E-state index in [1.54, 1.807) is 24.3 Å². The van der Waals surface area contributed by atoms with Crippen molar-refractivity contribution in [2.24, 2.45) is 0 Å². The molecule has 0 bridgehead atoms. The molecule has 102 heavy (non-hydrogen) atoms. The Hall–Kier alpha value is -7.84. The fourth-order valence-electron chi connectivity index (χ4n) is 13.3. The Balaban J connectivity index is 0.651. The van der Waals surface area contributed by atoms with E-state index in [2.05, 4.69) is 21.3 Å². The molecule has 2 aliphatic heterocycles. The molecule has 2 fully saturated rings. The quantitative estimate of drug-likeness (QED) is 0.0111. The van der Waals surface area contributed by atoms with Crippen LogP contribution < -0.4 is 21.3 Å². The molecule has 2 heterocycles. The number of ether oxygens (including phenoxy) is 8. The summed E-state index contributed by atoms with van der Waals surface area (Å²) in [5.74, 6) is -7.19. The van der Waals surface area contributed by atoms with Gasteiger partial charge in [0, 0.05) is 81.3 Å². The lowest BCUT2D eigenvalue weighted by molar-refractivity contribution is -0.311. The van der Waals surface area contributed by atoms with E-state index in [0.717, 1.165) is 58.7 Å². The van der Waals surface area contributed by atoms with Gasteiger partial charge in [-0.1, -0.05) is 109 Å². The van der Waals surface area contributed by atoms with Gasteiger partial charge in [-0.3, -0.25) is 24.0 Å². The van der Waals surface area contributed by atoms with Gasteiger partial charge in [0.25, 0.3) is 17.5 Å². The second-order valence-electron chi connectivity index (χ2n) is 25.4. The molecule has 2 aliphatic carbocycles. The lowest BCUT2D eigenvalue weighted by Gasteiger charge is -2.47. The number of ketones is 1. The maximum absolute atomic E-state index is 13.4. The Morgan fingerprint density at radius 1 is 0.529 bits per heavy atom. The number of fused-ring (bicyclic) bond motifs is 6. The molecule has 4 amide bonds. The standard InChI is InChI=1S/C74H90N4O22S2/c1-43(79)77-63-59(83)38-73(70(90)93-3,99-67(63)65(87)58(82)29-30-62(86)95-41-55-51-20-9-5-16-47(51)48-17-6-10-21-52(48)55)97-32-14-35-101-34-13-24-57(81)45-25-27-46(28-26-45)69(89)75-31-37-102-36-15-33-98-74(71(91)94-4)39-60(84)64(78-44(2)80)68(100-74)66(88)61(85)40-76-72(92)96-42-56-53-22-11-7-18-49(53)50-19-8-12-23-54(50)56/h5-12,16-23,25-28,55-56,58-61,63-68,82-85,87-88H,13-15,24,29-42H2,1-4H3,(H,75,89)(H,76,92)(H,77,79)(H,78,80)/t58-,59-,60+,61-,63-,64-,65-,66-,67?,68?,73-,74-/m1/s1. The third kappa shape index (κ3) is 19.5. The van der Waals surface area contributed by atoms with Crippen molar-refractivity contribution in [3.63, 3.8) is 0 Å². The summed E-state index contributed by atoms with van der Waals surface area (Å²) in [5, 5.41) is 78.5. The average molecular weight is 1450 g/mol. The van der Waals surface area contributed by atoms with Crippen LogP contribution in [0.2, 0.25) is 0 Å². The molecule has 5 aromatic carbocycles. The Labute approximate surface area is 599 Å². The van der Waals surface area contributed by atoms with E-state index in [-0.39, 0.29) is 75.8 Å². The van der Waals surface area contributed by atoms with Gasteiger partial charge in [-0.15, -0.1) is 0 Å². The van der Waals surface area contributed by atoms with Crippen molar-refractivity contribution in [1.29, 1.82) is 0 Å². The summed E-state index contributed by atoms with van der Waals surface area (Å²) in [6.07, 6.45) is -14.4. The monoisotopic (exact) mass is 1450 g/mol. The third-order valence-electron chi connectivity index (χ3n) is 18.4. The number of carbonyl (C=O) groups is 8. The van der Waals surface area contributed by atoms with Crippen molar-refractivity contribution in [1.82, 2.24) is 21.3 Å². The number of amides is 4. The second-order valence-corrected chi connectivity index (χ2v) is 27.9. The summed E-state index contributed by atoms with van der Waals surface area (Å²) in [4.78, 5) is 104. The molecule has 9 rings (SSSR count). The van der Waals surface area contributed by atoms with Gasteiger partial charge in [0.05, 0.1) is 63.9 Å². The summed E-state index contributed by atoms with van der Waals surface area (Å²) < 4.78 is 45.5. The van der Waals surface area contributed by atoms with Gasteiger partial charge < -0.3 is 89.8 Å². The number of hydrogen-bond donors (Lipinski definition) is 10. The lowest BCUT2D eigenvalue weighted by atomic mass is 9.87. The molecule has 0 saturated carbocycles. The first-order valence-electron chi connectivity index (χ1n) is 34.0. The molecule has 5 aromatic rings. The van der Waals surface area contributed by atoms with Crippen LogP contribution in [0.5, 0.6) is 0 Å². The molecule has 0 radical (unpaired) electrons. The van der Waals surface area contributed by atoms with E-state index in [0.29, 0.717) is 53.4 Å². The van der Waals surface area contributed by atoms with Crippen molar-refractivity contribution in [3.8, 4) is 22.3 Å². The zero-order valence-electron chi connectivity index (χ0n) is 57.2. The highest BCUT2D eigenvalue weighted by Crippen LogP contribution is 2.46. The lowest BCUT2D eigenvalue weighted by Crippen LogP contribution is -2.68. The number of benzene rings is 5. The van der Waals surface area contributed by atoms with E-state index < -0.39 is 128 Å². The Bertz CT molecular complexity index is 3390. The molecule has 2 unspecified atom stereocenters. The maximum Gasteiger partial charge on any atom is 0.407 e. The Morgan fingerprint density at radius 2 is 0.951 bits per heavy atom. The van der Waals surface area contributed by atoms with Crippen molar-refractivity contribution in [3.05, 3.63) is 155 Å².